The number of benzene rings is 2. The maximum atomic E-state index is 12.2. The molecule has 0 radical (unpaired) electrons. The average Bonchev–Trinajstić information content (AvgIpc) is 2.75. The standard InChI is InChI=1S/C26H28N4O2/c1-18-12-24-23(14-21(18)13-20(16-27)17-28)19(2)15-26(3,4)30(24)10-11-32-25(31)29-22-8-6-5-7-9-22/h5-9,12-14,19H,10-11,15H2,1-4H3,(H,29,31). The predicted molar refractivity (Wildman–Crippen MR) is 126 cm³/mol. The molecular weight excluding hydrogens is 400 g/mol. The number of nitrogens with zero attached hydrogens (tertiary/aromatic N) is 3. The van der Waals surface area contributed by atoms with Crippen LogP contribution < -0.4 is 10.2 Å². The zero-order valence-electron chi connectivity index (χ0n) is 19.0. The highest BCUT2D eigenvalue weighted by atomic mass is 16.5. The van der Waals surface area contributed by atoms with E-state index < -0.39 is 6.09 Å². The number of allylic oxidation sites excluding steroid dienone is 1. The SMILES string of the molecule is Cc1cc2c(cc1C=C(C#N)C#N)C(C)CC(C)(C)N2CCOC(=O)Nc1ccccc1. The molecule has 1 aliphatic heterocycles. The number of carbonyl (C=O) groups excluding carboxylic acids is 1. The number of para-hydroxylation sites is 1. The lowest BCUT2D eigenvalue weighted by Crippen LogP contribution is -2.50. The lowest BCUT2D eigenvalue weighted by molar-refractivity contribution is 0.161. The smallest absolute Gasteiger partial charge is 0.411 e. The highest BCUT2D eigenvalue weighted by molar-refractivity contribution is 5.84. The van der Waals surface area contributed by atoms with Gasteiger partial charge in [0.2, 0.25) is 0 Å². The molecule has 0 saturated heterocycles. The van der Waals surface area contributed by atoms with E-state index in [1.165, 1.54) is 5.56 Å². The largest absolute Gasteiger partial charge is 0.447 e. The third kappa shape index (κ3) is 5.10. The van der Waals surface area contributed by atoms with Crippen LogP contribution in [0.5, 0.6) is 0 Å². The van der Waals surface area contributed by atoms with Crippen molar-refractivity contribution in [3.63, 3.8) is 0 Å². The molecule has 1 unspecified atom stereocenters. The van der Waals surface area contributed by atoms with Crippen LogP contribution in [0.4, 0.5) is 16.2 Å². The zero-order chi connectivity index (χ0) is 23.3. The van der Waals surface area contributed by atoms with E-state index >= 15 is 0 Å². The minimum absolute atomic E-state index is 0.0894. The molecule has 3 rings (SSSR count). The van der Waals surface area contributed by atoms with Gasteiger partial charge in [-0.1, -0.05) is 25.1 Å². The van der Waals surface area contributed by atoms with Crippen LogP contribution in [0, 0.1) is 29.6 Å². The van der Waals surface area contributed by atoms with Crippen LogP contribution in [0.2, 0.25) is 0 Å². The van der Waals surface area contributed by atoms with E-state index in [1.807, 2.05) is 49.4 Å². The topological polar surface area (TPSA) is 89.2 Å². The summed E-state index contributed by atoms with van der Waals surface area (Å²) in [6.07, 6.45) is 2.10. The van der Waals surface area contributed by atoms with Gasteiger partial charge in [-0.25, -0.2) is 4.79 Å². The highest BCUT2D eigenvalue weighted by Crippen LogP contribution is 2.44. The second-order valence-electron chi connectivity index (χ2n) is 8.75. The van der Waals surface area contributed by atoms with Crippen molar-refractivity contribution in [2.75, 3.05) is 23.4 Å². The minimum Gasteiger partial charge on any atom is -0.447 e. The summed E-state index contributed by atoms with van der Waals surface area (Å²) in [5, 5.41) is 21.0. The molecule has 1 heterocycles. The number of hydrogen-bond acceptors (Lipinski definition) is 5. The molecule has 0 bridgehead atoms. The van der Waals surface area contributed by atoms with Crippen molar-refractivity contribution in [2.24, 2.45) is 0 Å². The van der Waals surface area contributed by atoms with E-state index in [0.29, 0.717) is 18.2 Å². The number of aryl methyl sites for hydroxylation is 1. The first-order chi connectivity index (χ1) is 15.2. The number of fused-ring (bicyclic) bond motifs is 1. The van der Waals surface area contributed by atoms with Gasteiger partial charge in [0.05, 0.1) is 6.54 Å². The van der Waals surface area contributed by atoms with Gasteiger partial charge in [-0.3, -0.25) is 5.32 Å². The van der Waals surface area contributed by atoms with Crippen LogP contribution in [0.1, 0.15) is 49.8 Å². The molecule has 1 atom stereocenters. The van der Waals surface area contributed by atoms with Gasteiger partial charge in [0.1, 0.15) is 24.3 Å². The number of amides is 1. The zero-order valence-corrected chi connectivity index (χ0v) is 19.0. The van der Waals surface area contributed by atoms with E-state index in [0.717, 1.165) is 23.2 Å². The van der Waals surface area contributed by atoms with Crippen LogP contribution in [0.15, 0.2) is 48.0 Å². The van der Waals surface area contributed by atoms with Gasteiger partial charge in [-0.15, -0.1) is 0 Å². The quantitative estimate of drug-likeness (QED) is 0.611. The van der Waals surface area contributed by atoms with E-state index in [-0.39, 0.29) is 17.7 Å². The van der Waals surface area contributed by atoms with Gasteiger partial charge >= 0.3 is 6.09 Å². The summed E-state index contributed by atoms with van der Waals surface area (Å²) < 4.78 is 5.45. The van der Waals surface area contributed by atoms with Crippen LogP contribution in [-0.4, -0.2) is 24.8 Å². The molecular formula is C26H28N4O2. The molecule has 1 aliphatic rings. The number of ether oxygens (including phenoxy) is 1. The Labute approximate surface area is 189 Å². The van der Waals surface area contributed by atoms with Gasteiger partial charge in [-0.05, 0) is 80.1 Å². The maximum Gasteiger partial charge on any atom is 0.411 e. The van der Waals surface area contributed by atoms with Gasteiger partial charge < -0.3 is 9.64 Å². The van der Waals surface area contributed by atoms with Gasteiger partial charge in [0.15, 0.2) is 0 Å². The molecule has 32 heavy (non-hydrogen) atoms. The second-order valence-corrected chi connectivity index (χ2v) is 8.75. The van der Waals surface area contributed by atoms with Crippen LogP contribution in [-0.2, 0) is 4.74 Å². The number of nitrogens with one attached hydrogen (secondary N) is 1. The minimum atomic E-state index is -0.475. The van der Waals surface area contributed by atoms with E-state index in [1.54, 1.807) is 6.08 Å². The molecule has 0 fully saturated rings. The number of anilines is 2. The first kappa shape index (κ1) is 22.9. The molecule has 6 heteroatoms. The molecule has 1 N–H and O–H groups in total. The summed E-state index contributed by atoms with van der Waals surface area (Å²) in [7, 11) is 0. The molecule has 2 aromatic rings. The van der Waals surface area contributed by atoms with Crippen molar-refractivity contribution in [1.29, 1.82) is 10.5 Å². The second kappa shape index (κ2) is 9.58. The van der Waals surface area contributed by atoms with Crippen molar-refractivity contribution < 1.29 is 9.53 Å². The normalized spacial score (nSPS) is 16.2. The molecule has 0 aliphatic carbocycles. The van der Waals surface area contributed by atoms with E-state index in [9.17, 15) is 4.79 Å². The Morgan fingerprint density at radius 3 is 2.59 bits per heavy atom. The number of nitriles is 2. The van der Waals surface area contributed by atoms with E-state index in [2.05, 4.69) is 43.1 Å². The summed E-state index contributed by atoms with van der Waals surface area (Å²) in [5.74, 6) is 0.318. The van der Waals surface area contributed by atoms with Crippen LogP contribution in [0.3, 0.4) is 0 Å². The van der Waals surface area contributed by atoms with Crippen molar-refractivity contribution in [3.8, 4) is 12.1 Å². The molecule has 1 amide bonds. The third-order valence-corrected chi connectivity index (χ3v) is 5.88. The van der Waals surface area contributed by atoms with Gasteiger partial charge in [0, 0.05) is 16.9 Å². The monoisotopic (exact) mass is 428 g/mol. The summed E-state index contributed by atoms with van der Waals surface area (Å²) >= 11 is 0. The molecule has 0 saturated carbocycles. The Kier molecular flexibility index (Phi) is 6.85. The Hall–Kier alpha value is -3.77. The van der Waals surface area contributed by atoms with Gasteiger partial charge in [-0.2, -0.15) is 10.5 Å². The maximum absolute atomic E-state index is 12.2. The lowest BCUT2D eigenvalue weighted by atomic mass is 9.79. The molecule has 2 aromatic carbocycles. The number of hydrogen-bond donors (Lipinski definition) is 1. The Bertz CT molecular complexity index is 1090. The van der Waals surface area contributed by atoms with Crippen LogP contribution >= 0.6 is 0 Å². The number of rotatable bonds is 5. The number of carbonyl (C=O) groups is 1. The first-order valence-electron chi connectivity index (χ1n) is 10.7. The highest BCUT2D eigenvalue weighted by Gasteiger charge is 2.36. The summed E-state index contributed by atoms with van der Waals surface area (Å²) in [4.78, 5) is 14.4. The van der Waals surface area contributed by atoms with Crippen molar-refractivity contribution in [3.05, 3.63) is 64.7 Å². The van der Waals surface area contributed by atoms with Gasteiger partial charge in [0.25, 0.3) is 0 Å². The van der Waals surface area contributed by atoms with Crippen molar-refractivity contribution in [2.45, 2.75) is 45.6 Å². The predicted octanol–water partition coefficient (Wildman–Crippen LogP) is 5.77. The van der Waals surface area contributed by atoms with E-state index in [4.69, 9.17) is 15.3 Å². The molecule has 6 nitrogen and oxygen atoms in total. The van der Waals surface area contributed by atoms with Crippen LogP contribution in [0.25, 0.3) is 6.08 Å². The average molecular weight is 429 g/mol. The Morgan fingerprint density at radius 2 is 1.94 bits per heavy atom. The summed E-state index contributed by atoms with van der Waals surface area (Å²) in [6, 6.07) is 17.3. The fraction of sp³-hybridized carbons (Fsp3) is 0.346. The van der Waals surface area contributed by atoms with Crippen molar-refractivity contribution in [1.82, 2.24) is 0 Å². The third-order valence-electron chi connectivity index (χ3n) is 5.88. The molecule has 0 spiro atoms. The van der Waals surface area contributed by atoms with Crippen molar-refractivity contribution >= 4 is 23.5 Å². The lowest BCUT2D eigenvalue weighted by Gasteiger charge is -2.47. The molecule has 0 aromatic heterocycles. The first-order valence-corrected chi connectivity index (χ1v) is 10.7. The molecule has 164 valence electrons. The Balaban J connectivity index is 1.79. The summed E-state index contributed by atoms with van der Waals surface area (Å²) in [6.45, 7) is 9.38. The summed E-state index contributed by atoms with van der Waals surface area (Å²) in [5.41, 5.74) is 4.82. The fourth-order valence-corrected chi connectivity index (χ4v) is 4.38. The fourth-order valence-electron chi connectivity index (χ4n) is 4.38. The Morgan fingerprint density at radius 1 is 1.25 bits per heavy atom.